The average molecular weight is 293 g/mol. The van der Waals surface area contributed by atoms with Crippen molar-refractivity contribution in [3.63, 3.8) is 0 Å². The van der Waals surface area contributed by atoms with Crippen LogP contribution in [0.3, 0.4) is 0 Å². The van der Waals surface area contributed by atoms with E-state index in [9.17, 15) is 4.79 Å². The summed E-state index contributed by atoms with van der Waals surface area (Å²) < 4.78 is 1.05. The molecule has 1 aliphatic heterocycles. The second-order valence-corrected chi connectivity index (χ2v) is 4.21. The normalized spacial score (nSPS) is 18.9. The minimum absolute atomic E-state index is 0. The van der Waals surface area contributed by atoms with Crippen molar-refractivity contribution in [2.45, 2.75) is 19.0 Å². The summed E-state index contributed by atoms with van der Waals surface area (Å²) in [5.41, 5.74) is 2.29. The zero-order valence-electron chi connectivity index (χ0n) is 7.87. The Bertz CT molecular complexity index is 384. The lowest BCUT2D eigenvalue weighted by molar-refractivity contribution is -0.139. The molecule has 1 atom stereocenters. The summed E-state index contributed by atoms with van der Waals surface area (Å²) in [5.74, 6) is -0.782. The van der Waals surface area contributed by atoms with Gasteiger partial charge in [0.05, 0.1) is 0 Å². The molecule has 82 valence electrons. The van der Waals surface area contributed by atoms with Crippen molar-refractivity contribution in [3.05, 3.63) is 33.8 Å². The second kappa shape index (κ2) is 4.96. The van der Waals surface area contributed by atoms with E-state index >= 15 is 0 Å². The van der Waals surface area contributed by atoms with Crippen LogP contribution in [0.5, 0.6) is 0 Å². The maximum absolute atomic E-state index is 10.8. The number of carboxylic acid groups (broad SMARTS) is 1. The highest BCUT2D eigenvalue weighted by Gasteiger charge is 2.24. The van der Waals surface area contributed by atoms with E-state index in [1.807, 2.05) is 18.2 Å². The molecule has 0 aromatic heterocycles. The highest BCUT2D eigenvalue weighted by molar-refractivity contribution is 9.10. The molecule has 1 aromatic carbocycles. The maximum atomic E-state index is 10.8. The lowest BCUT2D eigenvalue weighted by Crippen LogP contribution is -2.41. The van der Waals surface area contributed by atoms with Gasteiger partial charge in [-0.2, -0.15) is 0 Å². The van der Waals surface area contributed by atoms with Crippen molar-refractivity contribution in [2.24, 2.45) is 0 Å². The molecule has 0 radical (unpaired) electrons. The van der Waals surface area contributed by atoms with Gasteiger partial charge >= 0.3 is 5.97 Å². The number of halogens is 2. The topological polar surface area (TPSA) is 49.3 Å². The molecule has 1 aromatic rings. The van der Waals surface area contributed by atoms with Crippen molar-refractivity contribution < 1.29 is 9.90 Å². The Kier molecular flexibility index (Phi) is 4.13. The third kappa shape index (κ3) is 2.51. The molecule has 1 unspecified atom stereocenters. The molecule has 5 heteroatoms. The molecular formula is C10H11BrClNO2. The molecule has 1 heterocycles. The number of nitrogens with one attached hydrogen (secondary N) is 1. The summed E-state index contributed by atoms with van der Waals surface area (Å²) in [4.78, 5) is 10.8. The van der Waals surface area contributed by atoms with Gasteiger partial charge < -0.3 is 5.11 Å². The molecule has 3 nitrogen and oxygen atoms in total. The van der Waals surface area contributed by atoms with Gasteiger partial charge in [0.25, 0.3) is 0 Å². The molecule has 1 aliphatic rings. The Hall–Kier alpha value is -0.580. The van der Waals surface area contributed by atoms with Crippen LogP contribution in [-0.4, -0.2) is 17.1 Å². The van der Waals surface area contributed by atoms with Gasteiger partial charge in [0.15, 0.2) is 0 Å². The van der Waals surface area contributed by atoms with E-state index in [1.54, 1.807) is 0 Å². The monoisotopic (exact) mass is 291 g/mol. The predicted octanol–water partition coefficient (Wildman–Crippen LogP) is 1.97. The van der Waals surface area contributed by atoms with Crippen molar-refractivity contribution in [1.82, 2.24) is 5.32 Å². The van der Waals surface area contributed by atoms with E-state index in [0.717, 1.165) is 10.0 Å². The minimum Gasteiger partial charge on any atom is -0.480 e. The highest BCUT2D eigenvalue weighted by Crippen LogP contribution is 2.24. The zero-order chi connectivity index (χ0) is 10.1. The Morgan fingerprint density at radius 3 is 2.93 bits per heavy atom. The van der Waals surface area contributed by atoms with Crippen LogP contribution in [0.25, 0.3) is 0 Å². The Labute approximate surface area is 102 Å². The summed E-state index contributed by atoms with van der Waals surface area (Å²) in [6.07, 6.45) is 0.560. The van der Waals surface area contributed by atoms with E-state index in [0.29, 0.717) is 13.0 Å². The van der Waals surface area contributed by atoms with Crippen LogP contribution in [0.1, 0.15) is 11.1 Å². The third-order valence-corrected chi connectivity index (χ3v) is 3.21. The maximum Gasteiger partial charge on any atom is 0.321 e. The first-order valence-electron chi connectivity index (χ1n) is 4.41. The first-order chi connectivity index (χ1) is 6.68. The zero-order valence-corrected chi connectivity index (χ0v) is 10.3. The third-order valence-electron chi connectivity index (χ3n) is 2.46. The summed E-state index contributed by atoms with van der Waals surface area (Å²) in [6, 6.07) is 5.45. The van der Waals surface area contributed by atoms with Crippen LogP contribution in [-0.2, 0) is 17.8 Å². The lowest BCUT2D eigenvalue weighted by atomic mass is 9.96. The van der Waals surface area contributed by atoms with Crippen LogP contribution in [0, 0.1) is 0 Å². The van der Waals surface area contributed by atoms with Crippen LogP contribution < -0.4 is 5.32 Å². The number of carbonyl (C=O) groups is 1. The first-order valence-corrected chi connectivity index (χ1v) is 5.20. The number of aliphatic carboxylic acids is 1. The fraction of sp³-hybridized carbons (Fsp3) is 0.300. The summed E-state index contributed by atoms with van der Waals surface area (Å²) in [6.45, 7) is 0.619. The van der Waals surface area contributed by atoms with Crippen LogP contribution in [0.2, 0.25) is 0 Å². The molecule has 0 aliphatic carbocycles. The van der Waals surface area contributed by atoms with Gasteiger partial charge in [0, 0.05) is 11.0 Å². The first kappa shape index (κ1) is 12.5. The highest BCUT2D eigenvalue weighted by atomic mass is 79.9. The second-order valence-electron chi connectivity index (χ2n) is 3.35. The fourth-order valence-corrected chi connectivity index (χ4v) is 2.23. The largest absolute Gasteiger partial charge is 0.480 e. The summed E-state index contributed by atoms with van der Waals surface area (Å²) in [5, 5.41) is 11.8. The van der Waals surface area contributed by atoms with Crippen LogP contribution in [0.4, 0.5) is 0 Å². The van der Waals surface area contributed by atoms with Crippen molar-refractivity contribution in [1.29, 1.82) is 0 Å². The Morgan fingerprint density at radius 1 is 1.53 bits per heavy atom. The van der Waals surface area contributed by atoms with Gasteiger partial charge in [0.1, 0.15) is 6.04 Å². The van der Waals surface area contributed by atoms with E-state index in [2.05, 4.69) is 21.2 Å². The van der Waals surface area contributed by atoms with Gasteiger partial charge in [-0.25, -0.2) is 0 Å². The van der Waals surface area contributed by atoms with E-state index in [1.165, 1.54) is 5.56 Å². The molecule has 2 rings (SSSR count). The molecule has 15 heavy (non-hydrogen) atoms. The predicted molar refractivity (Wildman–Crippen MR) is 63.4 cm³/mol. The van der Waals surface area contributed by atoms with E-state index in [-0.39, 0.29) is 12.4 Å². The van der Waals surface area contributed by atoms with Crippen molar-refractivity contribution >= 4 is 34.3 Å². The summed E-state index contributed by atoms with van der Waals surface area (Å²) in [7, 11) is 0. The van der Waals surface area contributed by atoms with Gasteiger partial charge in [0.2, 0.25) is 0 Å². The van der Waals surface area contributed by atoms with Gasteiger partial charge in [-0.15, -0.1) is 12.4 Å². The molecular weight excluding hydrogens is 281 g/mol. The molecule has 0 fully saturated rings. The number of carboxylic acids is 1. The quantitative estimate of drug-likeness (QED) is 0.832. The number of benzene rings is 1. The molecule has 2 N–H and O–H groups in total. The minimum atomic E-state index is -0.782. The number of hydrogen-bond donors (Lipinski definition) is 2. The van der Waals surface area contributed by atoms with Crippen LogP contribution in [0.15, 0.2) is 22.7 Å². The lowest BCUT2D eigenvalue weighted by Gasteiger charge is -2.23. The van der Waals surface area contributed by atoms with Crippen molar-refractivity contribution in [2.75, 3.05) is 0 Å². The van der Waals surface area contributed by atoms with Gasteiger partial charge in [-0.1, -0.05) is 28.1 Å². The van der Waals surface area contributed by atoms with Gasteiger partial charge in [-0.05, 0) is 23.6 Å². The van der Waals surface area contributed by atoms with Crippen molar-refractivity contribution in [3.8, 4) is 0 Å². The summed E-state index contributed by atoms with van der Waals surface area (Å²) >= 11 is 3.45. The molecule has 0 saturated heterocycles. The number of fused-ring (bicyclic) bond motifs is 1. The van der Waals surface area contributed by atoms with E-state index < -0.39 is 12.0 Å². The molecule has 0 bridgehead atoms. The molecule has 0 spiro atoms. The standard InChI is InChI=1S/C10H10BrNO2.ClH/c11-8-3-1-2-6-4-9(10(13)14)12-5-7(6)8;/h1-3,9,12H,4-5H2,(H,13,14);1H. The smallest absolute Gasteiger partial charge is 0.321 e. The van der Waals surface area contributed by atoms with Crippen LogP contribution >= 0.6 is 28.3 Å². The number of hydrogen-bond acceptors (Lipinski definition) is 2. The Morgan fingerprint density at radius 2 is 2.27 bits per heavy atom. The van der Waals surface area contributed by atoms with E-state index in [4.69, 9.17) is 5.11 Å². The van der Waals surface area contributed by atoms with Gasteiger partial charge in [-0.3, -0.25) is 10.1 Å². The number of rotatable bonds is 1. The molecule has 0 saturated carbocycles. The SMILES string of the molecule is Cl.O=C(O)C1Cc2cccc(Br)c2CN1. The molecule has 0 amide bonds. The Balaban J connectivity index is 0.00000112. The average Bonchev–Trinajstić information content (AvgIpc) is 2.17. The fourth-order valence-electron chi connectivity index (χ4n) is 1.68.